The van der Waals surface area contributed by atoms with E-state index in [2.05, 4.69) is 19.1 Å². The molecule has 0 radical (unpaired) electrons. The molecule has 0 spiro atoms. The number of aryl methyl sites for hydroxylation is 1. The topological polar surface area (TPSA) is 43.1 Å². The molecule has 16 heavy (non-hydrogen) atoms. The molecule has 0 saturated carbocycles. The number of ketones is 1. The lowest BCUT2D eigenvalue weighted by atomic mass is 9.90. The molecule has 0 heterocycles. The predicted molar refractivity (Wildman–Crippen MR) is 67.4 cm³/mol. The summed E-state index contributed by atoms with van der Waals surface area (Å²) in [5.41, 5.74) is 7.57. The van der Waals surface area contributed by atoms with E-state index >= 15 is 0 Å². The van der Waals surface area contributed by atoms with Crippen molar-refractivity contribution in [1.29, 1.82) is 0 Å². The highest BCUT2D eigenvalue weighted by molar-refractivity contribution is 5.89. The molecular formula is C14H21NO. The molecule has 2 heteroatoms. The summed E-state index contributed by atoms with van der Waals surface area (Å²) in [6, 6.07) is 8.18. The van der Waals surface area contributed by atoms with Gasteiger partial charge in [0.2, 0.25) is 0 Å². The van der Waals surface area contributed by atoms with Gasteiger partial charge >= 0.3 is 0 Å². The summed E-state index contributed by atoms with van der Waals surface area (Å²) in [5.74, 6) is 0.110. The van der Waals surface area contributed by atoms with Gasteiger partial charge in [0.25, 0.3) is 0 Å². The molecule has 1 aromatic carbocycles. The molecular weight excluding hydrogens is 198 g/mol. The van der Waals surface area contributed by atoms with Gasteiger partial charge < -0.3 is 5.73 Å². The van der Waals surface area contributed by atoms with Crippen LogP contribution in [0.15, 0.2) is 24.3 Å². The maximum atomic E-state index is 11.9. The molecule has 0 aliphatic carbocycles. The van der Waals surface area contributed by atoms with Crippen molar-refractivity contribution in [2.75, 3.05) is 0 Å². The first-order valence-electron chi connectivity index (χ1n) is 5.89. The fourth-order valence-corrected chi connectivity index (χ4v) is 1.48. The quantitative estimate of drug-likeness (QED) is 0.826. The molecule has 2 N–H and O–H groups in total. The summed E-state index contributed by atoms with van der Waals surface area (Å²) in [5, 5.41) is 0. The second kappa shape index (κ2) is 5.26. The van der Waals surface area contributed by atoms with Crippen molar-refractivity contribution in [1.82, 2.24) is 0 Å². The maximum Gasteiger partial charge on any atom is 0.156 e. The van der Waals surface area contributed by atoms with Crippen molar-refractivity contribution in [2.24, 2.45) is 5.73 Å². The summed E-state index contributed by atoms with van der Waals surface area (Å²) in [6.45, 7) is 5.86. The second-order valence-corrected chi connectivity index (χ2v) is 4.54. The molecule has 2 nitrogen and oxygen atoms in total. The molecule has 0 saturated heterocycles. The van der Waals surface area contributed by atoms with Crippen molar-refractivity contribution in [3.05, 3.63) is 35.4 Å². The normalized spacial score (nSPS) is 14.5. The number of carbonyl (C=O) groups is 1. The van der Waals surface area contributed by atoms with E-state index in [0.717, 1.165) is 12.0 Å². The van der Waals surface area contributed by atoms with Crippen LogP contribution in [-0.2, 0) is 17.6 Å². The summed E-state index contributed by atoms with van der Waals surface area (Å²) < 4.78 is 0. The standard InChI is InChI=1S/C14H21NO/c1-4-11-6-8-12(9-7-11)10-13(16)14(3,15)5-2/h6-9H,4-5,10,15H2,1-3H3. The SMILES string of the molecule is CCc1ccc(CC(=O)C(C)(N)CC)cc1. The highest BCUT2D eigenvalue weighted by Gasteiger charge is 2.25. The number of carbonyl (C=O) groups excluding carboxylic acids is 1. The smallest absolute Gasteiger partial charge is 0.156 e. The third kappa shape index (κ3) is 3.17. The van der Waals surface area contributed by atoms with Crippen molar-refractivity contribution >= 4 is 5.78 Å². The van der Waals surface area contributed by atoms with E-state index in [4.69, 9.17) is 5.73 Å². The molecule has 0 fully saturated rings. The van der Waals surface area contributed by atoms with Crippen LogP contribution < -0.4 is 5.73 Å². The first-order valence-corrected chi connectivity index (χ1v) is 5.89. The van der Waals surface area contributed by atoms with Gasteiger partial charge in [0.15, 0.2) is 5.78 Å². The number of hydrogen-bond donors (Lipinski definition) is 1. The van der Waals surface area contributed by atoms with Crippen LogP contribution in [0.4, 0.5) is 0 Å². The van der Waals surface area contributed by atoms with Gasteiger partial charge in [-0.05, 0) is 30.9 Å². The van der Waals surface area contributed by atoms with E-state index < -0.39 is 5.54 Å². The van der Waals surface area contributed by atoms with E-state index in [9.17, 15) is 4.79 Å². The Morgan fingerprint density at radius 2 is 1.69 bits per heavy atom. The van der Waals surface area contributed by atoms with E-state index in [1.165, 1.54) is 5.56 Å². The monoisotopic (exact) mass is 219 g/mol. The number of hydrogen-bond acceptors (Lipinski definition) is 2. The Bertz CT molecular complexity index is 352. The zero-order chi connectivity index (χ0) is 12.2. The lowest BCUT2D eigenvalue weighted by Crippen LogP contribution is -2.45. The molecule has 1 atom stereocenters. The van der Waals surface area contributed by atoms with E-state index in [1.54, 1.807) is 6.92 Å². The summed E-state index contributed by atoms with van der Waals surface area (Å²) >= 11 is 0. The van der Waals surface area contributed by atoms with Gasteiger partial charge in [-0.15, -0.1) is 0 Å². The summed E-state index contributed by atoms with van der Waals surface area (Å²) in [4.78, 5) is 11.9. The minimum Gasteiger partial charge on any atom is -0.319 e. The molecule has 0 aromatic heterocycles. The molecule has 1 aromatic rings. The molecule has 0 aliphatic heterocycles. The Balaban J connectivity index is 2.70. The van der Waals surface area contributed by atoms with Crippen molar-refractivity contribution < 1.29 is 4.79 Å². The van der Waals surface area contributed by atoms with Gasteiger partial charge in [-0.3, -0.25) is 4.79 Å². The average molecular weight is 219 g/mol. The first-order chi connectivity index (χ1) is 7.49. The molecule has 0 bridgehead atoms. The highest BCUT2D eigenvalue weighted by Crippen LogP contribution is 2.12. The van der Waals surface area contributed by atoms with Crippen molar-refractivity contribution in [2.45, 2.75) is 45.6 Å². The molecule has 1 rings (SSSR count). The minimum absolute atomic E-state index is 0.110. The van der Waals surface area contributed by atoms with E-state index in [1.807, 2.05) is 19.1 Å². The van der Waals surface area contributed by atoms with Crippen LogP contribution in [0.2, 0.25) is 0 Å². The van der Waals surface area contributed by atoms with Crippen molar-refractivity contribution in [3.8, 4) is 0 Å². The Kier molecular flexibility index (Phi) is 4.25. The fourth-order valence-electron chi connectivity index (χ4n) is 1.48. The predicted octanol–water partition coefficient (Wildman–Crippen LogP) is 2.49. The molecule has 1 unspecified atom stereocenters. The number of benzene rings is 1. The maximum absolute atomic E-state index is 11.9. The third-order valence-electron chi connectivity index (χ3n) is 3.17. The zero-order valence-corrected chi connectivity index (χ0v) is 10.4. The Morgan fingerprint density at radius 1 is 1.19 bits per heavy atom. The second-order valence-electron chi connectivity index (χ2n) is 4.54. The van der Waals surface area contributed by atoms with Crippen LogP contribution in [0.25, 0.3) is 0 Å². The number of rotatable bonds is 5. The lowest BCUT2D eigenvalue weighted by molar-refractivity contribution is -0.123. The molecule has 0 aliphatic rings. The Morgan fingerprint density at radius 3 is 2.12 bits per heavy atom. The van der Waals surface area contributed by atoms with Crippen LogP contribution in [0.5, 0.6) is 0 Å². The van der Waals surface area contributed by atoms with Gasteiger partial charge in [0.05, 0.1) is 5.54 Å². The molecule has 88 valence electrons. The fraction of sp³-hybridized carbons (Fsp3) is 0.500. The van der Waals surface area contributed by atoms with Crippen LogP contribution in [-0.4, -0.2) is 11.3 Å². The van der Waals surface area contributed by atoms with Crippen LogP contribution in [0.1, 0.15) is 38.3 Å². The molecule has 0 amide bonds. The minimum atomic E-state index is -0.691. The van der Waals surface area contributed by atoms with E-state index in [0.29, 0.717) is 12.8 Å². The zero-order valence-electron chi connectivity index (χ0n) is 10.4. The van der Waals surface area contributed by atoms with Gasteiger partial charge in [-0.2, -0.15) is 0 Å². The largest absolute Gasteiger partial charge is 0.319 e. The van der Waals surface area contributed by atoms with Gasteiger partial charge in [0, 0.05) is 6.42 Å². The van der Waals surface area contributed by atoms with Gasteiger partial charge in [0.1, 0.15) is 0 Å². The summed E-state index contributed by atoms with van der Waals surface area (Å²) in [6.07, 6.45) is 2.14. The Labute approximate surface area is 97.9 Å². The summed E-state index contributed by atoms with van der Waals surface area (Å²) in [7, 11) is 0. The third-order valence-corrected chi connectivity index (χ3v) is 3.17. The lowest BCUT2D eigenvalue weighted by Gasteiger charge is -2.20. The van der Waals surface area contributed by atoms with Crippen molar-refractivity contribution in [3.63, 3.8) is 0 Å². The average Bonchev–Trinajstić information content (AvgIpc) is 2.30. The Hall–Kier alpha value is -1.15. The van der Waals surface area contributed by atoms with E-state index in [-0.39, 0.29) is 5.78 Å². The van der Waals surface area contributed by atoms with Crippen LogP contribution in [0.3, 0.4) is 0 Å². The number of nitrogens with two attached hydrogens (primary N) is 1. The highest BCUT2D eigenvalue weighted by atomic mass is 16.1. The first kappa shape index (κ1) is 12.9. The van der Waals surface area contributed by atoms with Crippen LogP contribution in [0, 0.1) is 0 Å². The van der Waals surface area contributed by atoms with Gasteiger partial charge in [-0.25, -0.2) is 0 Å². The van der Waals surface area contributed by atoms with Crippen LogP contribution >= 0.6 is 0 Å². The number of Topliss-reactive ketones (excluding diaryl/α,β-unsaturated/α-hetero) is 1. The van der Waals surface area contributed by atoms with Gasteiger partial charge in [-0.1, -0.05) is 38.1 Å².